The molecule has 1 rings (SSSR count). The van der Waals surface area contributed by atoms with Gasteiger partial charge in [-0.25, -0.2) is 0 Å². The highest BCUT2D eigenvalue weighted by Crippen LogP contribution is 2.13. The summed E-state index contributed by atoms with van der Waals surface area (Å²) in [7, 11) is 1.81. The molecule has 0 N–H and O–H groups in total. The van der Waals surface area contributed by atoms with Gasteiger partial charge in [0.1, 0.15) is 0 Å². The maximum Gasteiger partial charge on any atom is 0.0389 e. The van der Waals surface area contributed by atoms with Gasteiger partial charge in [0.2, 0.25) is 0 Å². The fraction of sp³-hybridized carbons (Fsp3) is 0.250. The van der Waals surface area contributed by atoms with Crippen molar-refractivity contribution in [2.24, 2.45) is 4.99 Å². The highest BCUT2D eigenvalue weighted by molar-refractivity contribution is 6.00. The van der Waals surface area contributed by atoms with E-state index in [-0.39, 0.29) is 0 Å². The van der Waals surface area contributed by atoms with E-state index in [9.17, 15) is 0 Å². The summed E-state index contributed by atoms with van der Waals surface area (Å²) in [5.41, 5.74) is 4.68. The van der Waals surface area contributed by atoms with Gasteiger partial charge in [-0.05, 0) is 36.6 Å². The van der Waals surface area contributed by atoms with Crippen molar-refractivity contribution in [2.45, 2.75) is 13.8 Å². The average molecular weight is 173 g/mol. The van der Waals surface area contributed by atoms with Gasteiger partial charge in [-0.3, -0.25) is 4.99 Å². The molecule has 0 atom stereocenters. The van der Waals surface area contributed by atoms with Crippen molar-refractivity contribution < 1.29 is 0 Å². The first-order chi connectivity index (χ1) is 6.19. The van der Waals surface area contributed by atoms with Crippen LogP contribution in [0.25, 0.3) is 6.08 Å². The molecule has 0 aliphatic carbocycles. The summed E-state index contributed by atoms with van der Waals surface area (Å²) in [4.78, 5) is 4.18. The molecule has 1 aromatic carbocycles. The fourth-order valence-electron chi connectivity index (χ4n) is 1.28. The largest absolute Gasteiger partial charge is 0.293 e. The van der Waals surface area contributed by atoms with Gasteiger partial charge in [0.05, 0.1) is 0 Å². The topological polar surface area (TPSA) is 12.4 Å². The normalized spacial score (nSPS) is 11.5. The minimum absolute atomic E-state index is 1.07. The SMILES string of the molecule is C=Cc1ccc(C)c(/C(C)=N\C)c1. The first-order valence-electron chi connectivity index (χ1n) is 4.36. The van der Waals surface area contributed by atoms with Gasteiger partial charge >= 0.3 is 0 Å². The van der Waals surface area contributed by atoms with Gasteiger partial charge in [-0.1, -0.05) is 24.8 Å². The Kier molecular flexibility index (Phi) is 3.02. The molecule has 0 radical (unpaired) electrons. The molecule has 0 fully saturated rings. The van der Waals surface area contributed by atoms with E-state index >= 15 is 0 Å². The Balaban J connectivity index is 3.26. The van der Waals surface area contributed by atoms with Gasteiger partial charge in [-0.2, -0.15) is 0 Å². The van der Waals surface area contributed by atoms with Crippen LogP contribution in [0.1, 0.15) is 23.6 Å². The highest BCUT2D eigenvalue weighted by Gasteiger charge is 2.00. The van der Waals surface area contributed by atoms with Crippen LogP contribution in [-0.2, 0) is 0 Å². The quantitative estimate of drug-likeness (QED) is 0.609. The predicted octanol–water partition coefficient (Wildman–Crippen LogP) is 3.08. The minimum atomic E-state index is 1.07. The second-order valence-corrected chi connectivity index (χ2v) is 3.09. The van der Waals surface area contributed by atoms with E-state index in [4.69, 9.17) is 0 Å². The molecule has 1 nitrogen and oxygen atoms in total. The second kappa shape index (κ2) is 4.04. The van der Waals surface area contributed by atoms with Crippen LogP contribution in [0.3, 0.4) is 0 Å². The lowest BCUT2D eigenvalue weighted by Gasteiger charge is -2.05. The molecule has 0 aliphatic rings. The fourth-order valence-corrected chi connectivity index (χ4v) is 1.28. The Morgan fingerprint density at radius 2 is 2.15 bits per heavy atom. The molecule has 0 saturated heterocycles. The van der Waals surface area contributed by atoms with Crippen molar-refractivity contribution in [3.8, 4) is 0 Å². The molecule has 0 aromatic heterocycles. The van der Waals surface area contributed by atoms with Crippen LogP contribution < -0.4 is 0 Å². The van der Waals surface area contributed by atoms with E-state index in [1.54, 1.807) is 0 Å². The van der Waals surface area contributed by atoms with Crippen molar-refractivity contribution >= 4 is 11.8 Å². The smallest absolute Gasteiger partial charge is 0.0389 e. The zero-order valence-electron chi connectivity index (χ0n) is 8.46. The van der Waals surface area contributed by atoms with E-state index in [1.165, 1.54) is 11.1 Å². The van der Waals surface area contributed by atoms with E-state index in [0.29, 0.717) is 0 Å². The molecule has 0 heterocycles. The Morgan fingerprint density at radius 1 is 1.46 bits per heavy atom. The molecule has 0 saturated carbocycles. The molecular formula is C12H15N. The number of hydrogen-bond donors (Lipinski definition) is 0. The molecule has 0 spiro atoms. The van der Waals surface area contributed by atoms with Gasteiger partial charge in [0, 0.05) is 12.8 Å². The number of hydrogen-bond acceptors (Lipinski definition) is 1. The van der Waals surface area contributed by atoms with Crippen LogP contribution in [0, 0.1) is 6.92 Å². The van der Waals surface area contributed by atoms with Crippen LogP contribution in [-0.4, -0.2) is 12.8 Å². The molecule has 0 unspecified atom stereocenters. The lowest BCUT2D eigenvalue weighted by molar-refractivity contribution is 1.36. The van der Waals surface area contributed by atoms with Gasteiger partial charge in [-0.15, -0.1) is 0 Å². The van der Waals surface area contributed by atoms with Crippen LogP contribution in [0.5, 0.6) is 0 Å². The van der Waals surface area contributed by atoms with Crippen LogP contribution in [0.15, 0.2) is 29.8 Å². The first kappa shape index (κ1) is 9.72. The molecule has 13 heavy (non-hydrogen) atoms. The Bertz CT molecular complexity index is 348. The highest BCUT2D eigenvalue weighted by atomic mass is 14.7. The zero-order valence-corrected chi connectivity index (χ0v) is 8.46. The molecule has 1 heteroatoms. The molecule has 0 amide bonds. The summed E-state index contributed by atoms with van der Waals surface area (Å²) in [5.74, 6) is 0. The third kappa shape index (κ3) is 2.05. The first-order valence-corrected chi connectivity index (χ1v) is 4.36. The summed E-state index contributed by atoms with van der Waals surface area (Å²) in [5, 5.41) is 0. The molecule has 0 aliphatic heterocycles. The Labute approximate surface area is 79.8 Å². The summed E-state index contributed by atoms with van der Waals surface area (Å²) in [6, 6.07) is 6.28. The maximum atomic E-state index is 4.18. The third-order valence-corrected chi connectivity index (χ3v) is 2.22. The standard InChI is InChI=1S/C12H15N/c1-5-11-7-6-9(2)12(8-11)10(3)13-4/h5-8H,1H2,2-4H3/b13-10-. The second-order valence-electron chi connectivity index (χ2n) is 3.09. The molecule has 68 valence electrons. The van der Waals surface area contributed by atoms with E-state index in [2.05, 4.69) is 36.7 Å². The summed E-state index contributed by atoms with van der Waals surface area (Å²) in [6.45, 7) is 7.86. The molecule has 1 aromatic rings. The number of nitrogens with zero attached hydrogens (tertiary/aromatic N) is 1. The Hall–Kier alpha value is -1.37. The number of benzene rings is 1. The van der Waals surface area contributed by atoms with Gasteiger partial charge in [0.15, 0.2) is 0 Å². The summed E-state index contributed by atoms with van der Waals surface area (Å²) in [6.07, 6.45) is 1.85. The van der Waals surface area contributed by atoms with Crippen LogP contribution in [0.2, 0.25) is 0 Å². The van der Waals surface area contributed by atoms with E-state index in [1.807, 2.05) is 20.0 Å². The predicted molar refractivity (Wildman–Crippen MR) is 59.4 cm³/mol. The van der Waals surface area contributed by atoms with Crippen LogP contribution >= 0.6 is 0 Å². The van der Waals surface area contributed by atoms with Gasteiger partial charge in [0.25, 0.3) is 0 Å². The number of aliphatic imine (C=N–C) groups is 1. The Morgan fingerprint density at radius 3 is 2.69 bits per heavy atom. The van der Waals surface area contributed by atoms with E-state index in [0.717, 1.165) is 11.3 Å². The van der Waals surface area contributed by atoms with E-state index < -0.39 is 0 Å². The van der Waals surface area contributed by atoms with Crippen molar-refractivity contribution in [3.05, 3.63) is 41.5 Å². The van der Waals surface area contributed by atoms with Crippen molar-refractivity contribution in [2.75, 3.05) is 7.05 Å². The van der Waals surface area contributed by atoms with Crippen molar-refractivity contribution in [1.29, 1.82) is 0 Å². The number of aryl methyl sites for hydroxylation is 1. The maximum absolute atomic E-state index is 4.18. The monoisotopic (exact) mass is 173 g/mol. The number of rotatable bonds is 2. The average Bonchev–Trinajstić information content (AvgIpc) is 2.17. The summed E-state index contributed by atoms with van der Waals surface area (Å²) >= 11 is 0. The van der Waals surface area contributed by atoms with Crippen LogP contribution in [0.4, 0.5) is 0 Å². The minimum Gasteiger partial charge on any atom is -0.293 e. The third-order valence-electron chi connectivity index (χ3n) is 2.22. The lowest BCUT2D eigenvalue weighted by Crippen LogP contribution is -1.98. The lowest BCUT2D eigenvalue weighted by atomic mass is 10.0. The molecular weight excluding hydrogens is 158 g/mol. The zero-order chi connectivity index (χ0) is 9.84. The van der Waals surface area contributed by atoms with Gasteiger partial charge < -0.3 is 0 Å². The van der Waals surface area contributed by atoms with Crippen molar-refractivity contribution in [1.82, 2.24) is 0 Å². The van der Waals surface area contributed by atoms with Crippen molar-refractivity contribution in [3.63, 3.8) is 0 Å². The summed E-state index contributed by atoms with van der Waals surface area (Å²) < 4.78 is 0. The molecule has 0 bridgehead atoms.